The average molecular weight is 536 g/mol. The number of carbonyl (C=O) groups is 2. The molecule has 6 nitrogen and oxygen atoms in total. The van der Waals surface area contributed by atoms with Crippen molar-refractivity contribution in [3.63, 3.8) is 0 Å². The molecular weight excluding hydrogens is 500 g/mol. The van der Waals surface area contributed by atoms with Crippen molar-refractivity contribution in [2.75, 3.05) is 33.3 Å². The fourth-order valence-corrected chi connectivity index (χ4v) is 4.84. The van der Waals surface area contributed by atoms with Crippen LogP contribution in [0.5, 0.6) is 0 Å². The summed E-state index contributed by atoms with van der Waals surface area (Å²) in [5.74, 6) is -1.02. The second kappa shape index (κ2) is 14.0. The Kier molecular flexibility index (Phi) is 10.2. The topological polar surface area (TPSA) is 61.9 Å². The number of hydrogen-bond donors (Lipinski definition) is 1. The number of nitrogens with zero attached hydrogens (tertiary/aromatic N) is 2. The van der Waals surface area contributed by atoms with Crippen molar-refractivity contribution in [2.24, 2.45) is 5.92 Å². The third-order valence-corrected chi connectivity index (χ3v) is 7.09. The smallest absolute Gasteiger partial charge is 0.317 e. The number of benzene rings is 3. The van der Waals surface area contributed by atoms with Crippen LogP contribution in [0.2, 0.25) is 0 Å². The van der Waals surface area contributed by atoms with E-state index in [1.54, 1.807) is 12.0 Å². The van der Waals surface area contributed by atoms with E-state index in [4.69, 9.17) is 4.74 Å². The van der Waals surface area contributed by atoms with Crippen LogP contribution in [-0.2, 0) is 24.4 Å². The lowest BCUT2D eigenvalue weighted by molar-refractivity contribution is 0.0881. The van der Waals surface area contributed by atoms with E-state index in [1.807, 2.05) is 54.6 Å². The van der Waals surface area contributed by atoms with Gasteiger partial charge in [0.1, 0.15) is 11.6 Å². The highest BCUT2D eigenvalue weighted by Crippen LogP contribution is 2.21. The number of ketones is 1. The number of ether oxygens (including phenoxy) is 1. The van der Waals surface area contributed by atoms with Gasteiger partial charge in [-0.1, -0.05) is 60.7 Å². The molecule has 1 saturated heterocycles. The Balaban J connectivity index is 1.36. The van der Waals surface area contributed by atoms with Gasteiger partial charge in [-0.15, -0.1) is 0 Å². The van der Waals surface area contributed by atoms with Crippen LogP contribution >= 0.6 is 0 Å². The summed E-state index contributed by atoms with van der Waals surface area (Å²) >= 11 is 0. The minimum atomic E-state index is -0.671. The van der Waals surface area contributed by atoms with Crippen LogP contribution < -0.4 is 5.32 Å². The molecule has 1 fully saturated rings. The molecule has 1 N–H and O–H groups in total. The predicted molar refractivity (Wildman–Crippen MR) is 146 cm³/mol. The summed E-state index contributed by atoms with van der Waals surface area (Å²) in [6, 6.07) is 20.2. The SMILES string of the molecule is COCc1ccc(CNC(=O)N(Cc2ccc(F)cc2F)CC2CCN(CC(=O)c3ccccc3)CC2)cc1. The fourth-order valence-electron chi connectivity index (χ4n) is 4.84. The summed E-state index contributed by atoms with van der Waals surface area (Å²) in [6.45, 7) is 3.19. The highest BCUT2D eigenvalue weighted by molar-refractivity contribution is 5.97. The minimum Gasteiger partial charge on any atom is -0.380 e. The summed E-state index contributed by atoms with van der Waals surface area (Å²) in [5, 5.41) is 2.95. The number of amides is 2. The van der Waals surface area contributed by atoms with Gasteiger partial charge < -0.3 is 15.0 Å². The number of methoxy groups -OCH3 is 1. The summed E-state index contributed by atoms with van der Waals surface area (Å²) in [4.78, 5) is 29.6. The summed E-state index contributed by atoms with van der Waals surface area (Å²) < 4.78 is 33.1. The molecule has 0 saturated carbocycles. The molecule has 1 aliphatic heterocycles. The molecule has 0 spiro atoms. The number of hydrogen-bond acceptors (Lipinski definition) is 4. The van der Waals surface area contributed by atoms with Gasteiger partial charge in [0.05, 0.1) is 19.7 Å². The largest absolute Gasteiger partial charge is 0.380 e. The number of nitrogens with one attached hydrogen (secondary N) is 1. The normalized spacial score (nSPS) is 14.2. The summed E-state index contributed by atoms with van der Waals surface area (Å²) in [7, 11) is 1.64. The maximum atomic E-state index is 14.5. The number of piperidine rings is 1. The van der Waals surface area contributed by atoms with Crippen LogP contribution in [0.3, 0.4) is 0 Å². The first-order valence-corrected chi connectivity index (χ1v) is 13.3. The van der Waals surface area contributed by atoms with Gasteiger partial charge >= 0.3 is 6.03 Å². The van der Waals surface area contributed by atoms with Crippen molar-refractivity contribution in [1.82, 2.24) is 15.1 Å². The first kappa shape index (κ1) is 28.4. The van der Waals surface area contributed by atoms with Gasteiger partial charge in [-0.25, -0.2) is 13.6 Å². The van der Waals surface area contributed by atoms with E-state index in [2.05, 4.69) is 10.2 Å². The Morgan fingerprint density at radius 1 is 0.974 bits per heavy atom. The molecule has 3 aromatic rings. The number of halogens is 2. The van der Waals surface area contributed by atoms with Crippen LogP contribution in [0.1, 0.15) is 39.9 Å². The molecule has 3 aromatic carbocycles. The van der Waals surface area contributed by atoms with E-state index in [9.17, 15) is 18.4 Å². The Bertz CT molecular complexity index is 1230. The molecule has 0 radical (unpaired) electrons. The lowest BCUT2D eigenvalue weighted by atomic mass is 9.95. The Labute approximate surface area is 228 Å². The molecular formula is C31H35F2N3O3. The predicted octanol–water partition coefficient (Wildman–Crippen LogP) is 5.42. The fraction of sp³-hybridized carbons (Fsp3) is 0.355. The van der Waals surface area contributed by atoms with Crippen molar-refractivity contribution in [2.45, 2.75) is 32.5 Å². The van der Waals surface area contributed by atoms with Crippen LogP contribution in [-0.4, -0.2) is 54.9 Å². The Morgan fingerprint density at radius 3 is 2.33 bits per heavy atom. The van der Waals surface area contributed by atoms with Gasteiger partial charge in [-0.2, -0.15) is 0 Å². The minimum absolute atomic E-state index is 0.0391. The van der Waals surface area contributed by atoms with Crippen molar-refractivity contribution in [3.05, 3.63) is 107 Å². The molecule has 0 aliphatic carbocycles. The van der Waals surface area contributed by atoms with Gasteiger partial charge in [-0.05, 0) is 49.0 Å². The van der Waals surface area contributed by atoms with Crippen molar-refractivity contribution >= 4 is 11.8 Å². The third-order valence-electron chi connectivity index (χ3n) is 7.09. The van der Waals surface area contributed by atoms with Gasteiger partial charge in [0.2, 0.25) is 0 Å². The average Bonchev–Trinajstić information content (AvgIpc) is 2.95. The second-order valence-corrected chi connectivity index (χ2v) is 10.0. The lowest BCUT2D eigenvalue weighted by Crippen LogP contribution is -2.45. The Morgan fingerprint density at radius 2 is 1.67 bits per heavy atom. The monoisotopic (exact) mass is 535 g/mol. The number of carbonyl (C=O) groups excluding carboxylic acids is 2. The first-order valence-electron chi connectivity index (χ1n) is 13.3. The number of Topliss-reactive ketones (excluding diaryl/α,β-unsaturated/α-hetero) is 1. The molecule has 1 aliphatic rings. The first-order chi connectivity index (χ1) is 18.9. The molecule has 8 heteroatoms. The molecule has 0 unspecified atom stereocenters. The van der Waals surface area contributed by atoms with Crippen LogP contribution in [0, 0.1) is 17.6 Å². The van der Waals surface area contributed by atoms with Crippen LogP contribution in [0.4, 0.5) is 13.6 Å². The molecule has 39 heavy (non-hydrogen) atoms. The van der Waals surface area contributed by atoms with E-state index in [-0.39, 0.29) is 29.8 Å². The number of urea groups is 1. The summed E-state index contributed by atoms with van der Waals surface area (Å²) in [5.41, 5.74) is 2.95. The molecule has 0 aromatic heterocycles. The van der Waals surface area contributed by atoms with E-state index >= 15 is 0 Å². The number of likely N-dealkylation sites (tertiary alicyclic amines) is 1. The molecule has 2 amide bonds. The number of rotatable bonds is 11. The molecule has 206 valence electrons. The van der Waals surface area contributed by atoms with Crippen LogP contribution in [0.25, 0.3) is 0 Å². The third kappa shape index (κ3) is 8.43. The van der Waals surface area contributed by atoms with Gasteiger partial charge in [0, 0.05) is 37.4 Å². The zero-order chi connectivity index (χ0) is 27.6. The zero-order valence-electron chi connectivity index (χ0n) is 22.2. The van der Waals surface area contributed by atoms with Gasteiger partial charge in [0.15, 0.2) is 5.78 Å². The van der Waals surface area contributed by atoms with Gasteiger partial charge in [-0.3, -0.25) is 9.69 Å². The van der Waals surface area contributed by atoms with E-state index < -0.39 is 11.6 Å². The van der Waals surface area contributed by atoms with Crippen molar-refractivity contribution < 1.29 is 23.1 Å². The van der Waals surface area contributed by atoms with Gasteiger partial charge in [0.25, 0.3) is 0 Å². The Hall–Kier alpha value is -3.62. The quantitative estimate of drug-likeness (QED) is 0.333. The maximum Gasteiger partial charge on any atom is 0.317 e. The van der Waals surface area contributed by atoms with E-state index in [0.717, 1.165) is 43.1 Å². The lowest BCUT2D eigenvalue weighted by Gasteiger charge is -2.34. The van der Waals surface area contributed by atoms with E-state index in [0.29, 0.717) is 31.8 Å². The highest BCUT2D eigenvalue weighted by Gasteiger charge is 2.26. The van der Waals surface area contributed by atoms with Crippen molar-refractivity contribution in [3.8, 4) is 0 Å². The maximum absolute atomic E-state index is 14.5. The molecule has 4 rings (SSSR count). The second-order valence-electron chi connectivity index (χ2n) is 10.0. The van der Waals surface area contributed by atoms with E-state index in [1.165, 1.54) is 12.1 Å². The molecule has 1 heterocycles. The van der Waals surface area contributed by atoms with Crippen LogP contribution in [0.15, 0.2) is 72.8 Å². The summed E-state index contributed by atoms with van der Waals surface area (Å²) in [6.07, 6.45) is 1.64. The standard InChI is InChI=1S/C31H35F2N3O3/c1-39-22-25-9-7-23(8-10-25)18-34-31(38)36(20-27-11-12-28(32)17-29(27)33)19-24-13-15-35(16-14-24)21-30(37)26-5-3-2-4-6-26/h2-12,17,24H,13-16,18-22H2,1H3,(H,34,38). The zero-order valence-corrected chi connectivity index (χ0v) is 22.2. The highest BCUT2D eigenvalue weighted by atomic mass is 19.1. The molecule has 0 bridgehead atoms. The molecule has 0 atom stereocenters. The van der Waals surface area contributed by atoms with Crippen molar-refractivity contribution in [1.29, 1.82) is 0 Å².